The molecule has 2 unspecified atom stereocenters. The highest BCUT2D eigenvalue weighted by Crippen LogP contribution is 2.25. The maximum absolute atomic E-state index is 3.71. The van der Waals surface area contributed by atoms with E-state index in [1.165, 1.54) is 43.5 Å². The highest BCUT2D eigenvalue weighted by Gasteiger charge is 2.24. The van der Waals surface area contributed by atoms with Gasteiger partial charge in [0.15, 0.2) is 0 Å². The lowest BCUT2D eigenvalue weighted by molar-refractivity contribution is 0.221. The number of nitrogens with one attached hydrogen (secondary N) is 1. The molecule has 2 atom stereocenters. The van der Waals surface area contributed by atoms with E-state index in [0.717, 1.165) is 25.0 Å². The van der Waals surface area contributed by atoms with Crippen molar-refractivity contribution in [1.29, 1.82) is 0 Å². The molecule has 0 aliphatic heterocycles. The molecule has 0 bridgehead atoms. The Hall–Kier alpha value is -0.380. The van der Waals surface area contributed by atoms with E-state index in [1.807, 2.05) is 11.3 Å². The van der Waals surface area contributed by atoms with Gasteiger partial charge in [-0.05, 0) is 43.8 Å². The van der Waals surface area contributed by atoms with Gasteiger partial charge in [-0.15, -0.1) is 11.3 Å². The van der Waals surface area contributed by atoms with Crippen molar-refractivity contribution in [2.75, 3.05) is 20.1 Å². The van der Waals surface area contributed by atoms with E-state index in [9.17, 15) is 0 Å². The smallest absolute Gasteiger partial charge is 0.0324 e. The fourth-order valence-corrected chi connectivity index (χ4v) is 4.05. The number of nitrogens with zero attached hydrogens (tertiary/aromatic N) is 1. The fourth-order valence-electron chi connectivity index (χ4n) is 3.27. The third-order valence-corrected chi connectivity index (χ3v) is 5.04. The minimum atomic E-state index is 0.735. The second-order valence-electron chi connectivity index (χ2n) is 5.84. The zero-order valence-electron chi connectivity index (χ0n) is 12.4. The van der Waals surface area contributed by atoms with Crippen molar-refractivity contribution in [3.8, 4) is 0 Å². The molecule has 1 saturated carbocycles. The first kappa shape index (κ1) is 15.0. The van der Waals surface area contributed by atoms with Crippen LogP contribution in [-0.2, 0) is 6.54 Å². The Balaban J connectivity index is 1.86. The van der Waals surface area contributed by atoms with E-state index < -0.39 is 0 Å². The largest absolute Gasteiger partial charge is 0.314 e. The van der Waals surface area contributed by atoms with Crippen LogP contribution >= 0.6 is 11.3 Å². The Morgan fingerprint density at radius 3 is 2.89 bits per heavy atom. The lowest BCUT2D eigenvalue weighted by Crippen LogP contribution is -2.40. The van der Waals surface area contributed by atoms with Crippen molar-refractivity contribution in [3.05, 3.63) is 22.4 Å². The molecule has 1 aromatic heterocycles. The maximum atomic E-state index is 3.71. The van der Waals surface area contributed by atoms with Crippen LogP contribution in [0.3, 0.4) is 0 Å². The summed E-state index contributed by atoms with van der Waals surface area (Å²) >= 11 is 1.87. The summed E-state index contributed by atoms with van der Waals surface area (Å²) in [5.41, 5.74) is 0. The SMILES string of the molecule is CCNC1CCCCCC1CN(C)Cc1cccs1. The molecule has 1 aliphatic rings. The minimum Gasteiger partial charge on any atom is -0.314 e. The summed E-state index contributed by atoms with van der Waals surface area (Å²) in [5.74, 6) is 0.826. The van der Waals surface area contributed by atoms with Crippen molar-refractivity contribution in [1.82, 2.24) is 10.2 Å². The van der Waals surface area contributed by atoms with Crippen molar-refractivity contribution < 1.29 is 0 Å². The van der Waals surface area contributed by atoms with E-state index in [-0.39, 0.29) is 0 Å². The van der Waals surface area contributed by atoms with Gasteiger partial charge in [0.25, 0.3) is 0 Å². The summed E-state index contributed by atoms with van der Waals surface area (Å²) in [7, 11) is 2.27. The van der Waals surface area contributed by atoms with Gasteiger partial charge in [-0.2, -0.15) is 0 Å². The highest BCUT2D eigenvalue weighted by molar-refractivity contribution is 7.09. The minimum absolute atomic E-state index is 0.735. The Labute approximate surface area is 122 Å². The van der Waals surface area contributed by atoms with Crippen molar-refractivity contribution in [2.24, 2.45) is 5.92 Å². The molecule has 0 aromatic carbocycles. The number of hydrogen-bond acceptors (Lipinski definition) is 3. The predicted molar refractivity (Wildman–Crippen MR) is 84.7 cm³/mol. The van der Waals surface area contributed by atoms with Gasteiger partial charge in [-0.1, -0.05) is 32.3 Å². The molecule has 0 amide bonds. The molecule has 0 radical (unpaired) electrons. The summed E-state index contributed by atoms with van der Waals surface area (Å²) in [4.78, 5) is 3.99. The second-order valence-corrected chi connectivity index (χ2v) is 6.87. The van der Waals surface area contributed by atoms with Crippen LogP contribution in [0.1, 0.15) is 43.9 Å². The first-order valence-corrected chi connectivity index (χ1v) is 8.62. The molecular formula is C16H28N2S. The standard InChI is InChI=1S/C16H28N2S/c1-3-17-16-10-6-4-5-8-14(16)12-18(2)13-15-9-7-11-19-15/h7,9,11,14,16-17H,3-6,8,10,12-13H2,1-2H3. The maximum Gasteiger partial charge on any atom is 0.0324 e. The Bertz CT molecular complexity index is 337. The number of hydrogen-bond donors (Lipinski definition) is 1. The first-order chi connectivity index (χ1) is 9.29. The molecule has 108 valence electrons. The Kier molecular flexibility index (Phi) is 6.35. The number of thiophene rings is 1. The Morgan fingerprint density at radius 1 is 1.32 bits per heavy atom. The van der Waals surface area contributed by atoms with Gasteiger partial charge >= 0.3 is 0 Å². The molecule has 1 heterocycles. The normalized spacial score (nSPS) is 24.6. The van der Waals surface area contributed by atoms with Gasteiger partial charge in [0.1, 0.15) is 0 Å². The van der Waals surface area contributed by atoms with Crippen molar-refractivity contribution in [2.45, 2.75) is 51.6 Å². The summed E-state index contributed by atoms with van der Waals surface area (Å²) < 4.78 is 0. The van der Waals surface area contributed by atoms with Gasteiger partial charge in [-0.3, -0.25) is 0 Å². The van der Waals surface area contributed by atoms with Crippen LogP contribution in [0, 0.1) is 5.92 Å². The van der Waals surface area contributed by atoms with E-state index in [2.05, 4.69) is 41.7 Å². The molecule has 1 N–H and O–H groups in total. The molecule has 0 spiro atoms. The molecule has 1 aromatic rings. The van der Waals surface area contributed by atoms with Gasteiger partial charge < -0.3 is 10.2 Å². The molecule has 3 heteroatoms. The van der Waals surface area contributed by atoms with E-state index in [0.29, 0.717) is 0 Å². The monoisotopic (exact) mass is 280 g/mol. The third kappa shape index (κ3) is 4.90. The molecule has 2 rings (SSSR count). The summed E-state index contributed by atoms with van der Waals surface area (Å²) in [6, 6.07) is 5.13. The lowest BCUT2D eigenvalue weighted by Gasteiger charge is -2.29. The average molecular weight is 280 g/mol. The molecule has 1 aliphatic carbocycles. The molecular weight excluding hydrogens is 252 g/mol. The van der Waals surface area contributed by atoms with Crippen LogP contribution in [0.25, 0.3) is 0 Å². The molecule has 2 nitrogen and oxygen atoms in total. The van der Waals surface area contributed by atoms with Crippen LogP contribution in [-0.4, -0.2) is 31.1 Å². The van der Waals surface area contributed by atoms with Crippen molar-refractivity contribution in [3.63, 3.8) is 0 Å². The molecule has 1 fully saturated rings. The molecule has 0 saturated heterocycles. The van der Waals surface area contributed by atoms with Crippen LogP contribution < -0.4 is 5.32 Å². The summed E-state index contributed by atoms with van der Waals surface area (Å²) in [6.45, 7) is 5.68. The quantitative estimate of drug-likeness (QED) is 0.799. The topological polar surface area (TPSA) is 15.3 Å². The van der Waals surface area contributed by atoms with E-state index in [4.69, 9.17) is 0 Å². The lowest BCUT2D eigenvalue weighted by atomic mass is 9.94. The third-order valence-electron chi connectivity index (χ3n) is 4.18. The molecule has 19 heavy (non-hydrogen) atoms. The van der Waals surface area contributed by atoms with Crippen molar-refractivity contribution >= 4 is 11.3 Å². The second kappa shape index (κ2) is 8.03. The highest BCUT2D eigenvalue weighted by atomic mass is 32.1. The van der Waals surface area contributed by atoms with Gasteiger partial charge in [-0.25, -0.2) is 0 Å². The van der Waals surface area contributed by atoms with E-state index in [1.54, 1.807) is 0 Å². The summed E-state index contributed by atoms with van der Waals surface area (Å²) in [6.07, 6.45) is 7.01. The average Bonchev–Trinajstić information content (AvgIpc) is 2.79. The fraction of sp³-hybridized carbons (Fsp3) is 0.750. The van der Waals surface area contributed by atoms with Crippen LogP contribution in [0.4, 0.5) is 0 Å². The van der Waals surface area contributed by atoms with Crippen LogP contribution in [0.15, 0.2) is 17.5 Å². The van der Waals surface area contributed by atoms with Gasteiger partial charge in [0.05, 0.1) is 0 Å². The van der Waals surface area contributed by atoms with E-state index >= 15 is 0 Å². The first-order valence-electron chi connectivity index (χ1n) is 7.74. The Morgan fingerprint density at radius 2 is 2.16 bits per heavy atom. The number of rotatable bonds is 6. The van der Waals surface area contributed by atoms with Crippen LogP contribution in [0.5, 0.6) is 0 Å². The summed E-state index contributed by atoms with van der Waals surface area (Å²) in [5, 5.41) is 5.89. The van der Waals surface area contributed by atoms with Gasteiger partial charge in [0, 0.05) is 24.0 Å². The van der Waals surface area contributed by atoms with Gasteiger partial charge in [0.2, 0.25) is 0 Å². The van der Waals surface area contributed by atoms with Crippen LogP contribution in [0.2, 0.25) is 0 Å². The zero-order chi connectivity index (χ0) is 13.5. The zero-order valence-corrected chi connectivity index (χ0v) is 13.2. The predicted octanol–water partition coefficient (Wildman–Crippen LogP) is 3.74.